The van der Waals surface area contributed by atoms with Crippen molar-refractivity contribution < 1.29 is 17.9 Å². The van der Waals surface area contributed by atoms with Crippen LogP contribution in [0.3, 0.4) is 0 Å². The van der Waals surface area contributed by atoms with E-state index < -0.39 is 17.3 Å². The molecule has 0 saturated heterocycles. The Kier molecular flexibility index (Phi) is 3.38. The molecule has 0 aromatic heterocycles. The molecule has 0 aliphatic rings. The smallest absolute Gasteiger partial charge is 0.379 e. The molecule has 0 heterocycles. The Hall–Kier alpha value is -0.290. The van der Waals surface area contributed by atoms with E-state index in [1.807, 2.05) is 0 Å². The molecule has 0 radical (unpaired) electrons. The molecule has 0 aliphatic carbocycles. The molecule has 0 bridgehead atoms. The molecule has 1 unspecified atom stereocenters. The van der Waals surface area contributed by atoms with Crippen LogP contribution in [-0.2, 0) is 4.74 Å². The van der Waals surface area contributed by atoms with Crippen molar-refractivity contribution in [3.63, 3.8) is 0 Å². The summed E-state index contributed by atoms with van der Waals surface area (Å²) in [4.78, 5) is 0. The third-order valence-electron chi connectivity index (χ3n) is 1.99. The molecule has 2 nitrogen and oxygen atoms in total. The first-order valence-corrected chi connectivity index (χ1v) is 3.93. The molecular weight excluding hydrogens is 183 g/mol. The van der Waals surface area contributed by atoms with Crippen LogP contribution >= 0.6 is 0 Å². The number of ether oxygens (including phenoxy) is 1. The van der Waals surface area contributed by atoms with E-state index in [4.69, 9.17) is 10.5 Å². The van der Waals surface area contributed by atoms with Gasteiger partial charge in [-0.3, -0.25) is 0 Å². The first kappa shape index (κ1) is 12.7. The lowest BCUT2D eigenvalue weighted by atomic mass is 9.88. The predicted octanol–water partition coefficient (Wildman–Crippen LogP) is 2.08. The van der Waals surface area contributed by atoms with Gasteiger partial charge in [0.15, 0.2) is 0 Å². The molecule has 2 N–H and O–H groups in total. The van der Waals surface area contributed by atoms with Gasteiger partial charge in [0.25, 0.3) is 0 Å². The zero-order chi connectivity index (χ0) is 10.9. The van der Waals surface area contributed by atoms with Gasteiger partial charge in [0.2, 0.25) is 0 Å². The Morgan fingerprint density at radius 2 is 1.54 bits per heavy atom. The molecule has 0 fully saturated rings. The molecule has 0 saturated carbocycles. The number of halogens is 3. The van der Waals surface area contributed by atoms with Crippen molar-refractivity contribution in [3.05, 3.63) is 0 Å². The van der Waals surface area contributed by atoms with Crippen molar-refractivity contribution in [2.75, 3.05) is 7.11 Å². The summed E-state index contributed by atoms with van der Waals surface area (Å²) in [5.74, 6) is 0. The van der Waals surface area contributed by atoms with Crippen molar-refractivity contribution in [3.8, 4) is 0 Å². The summed E-state index contributed by atoms with van der Waals surface area (Å²) in [6.07, 6.45) is -4.66. The number of alkyl halides is 3. The van der Waals surface area contributed by atoms with Crippen LogP contribution in [0.2, 0.25) is 0 Å². The minimum absolute atomic E-state index is 0.264. The highest BCUT2D eigenvalue weighted by Gasteiger charge is 2.50. The monoisotopic (exact) mass is 199 g/mol. The molecule has 0 aliphatic heterocycles. The maximum Gasteiger partial charge on any atom is 0.406 e. The van der Waals surface area contributed by atoms with Gasteiger partial charge in [0, 0.05) is 13.5 Å². The van der Waals surface area contributed by atoms with Gasteiger partial charge < -0.3 is 10.5 Å². The van der Waals surface area contributed by atoms with E-state index in [0.29, 0.717) is 0 Å². The molecule has 13 heavy (non-hydrogen) atoms. The molecule has 0 aromatic rings. The number of rotatable bonds is 3. The lowest BCUT2D eigenvalue weighted by molar-refractivity contribution is -0.195. The van der Waals surface area contributed by atoms with E-state index in [9.17, 15) is 13.2 Å². The standard InChI is InChI=1S/C8H16F3NO/c1-6(2,13-4)5-7(3,12)8(9,10)11/h5,12H2,1-4H3. The van der Waals surface area contributed by atoms with Crippen LogP contribution in [0.4, 0.5) is 13.2 Å². The van der Waals surface area contributed by atoms with E-state index >= 15 is 0 Å². The van der Waals surface area contributed by atoms with Crippen molar-refractivity contribution in [1.82, 2.24) is 0 Å². The summed E-state index contributed by atoms with van der Waals surface area (Å²) in [6.45, 7) is 4.11. The van der Waals surface area contributed by atoms with Crippen LogP contribution in [0, 0.1) is 0 Å². The Morgan fingerprint density at radius 3 is 1.77 bits per heavy atom. The summed E-state index contributed by atoms with van der Waals surface area (Å²) in [6, 6.07) is 0. The highest BCUT2D eigenvalue weighted by Crippen LogP contribution is 2.34. The van der Waals surface area contributed by atoms with Crippen LogP contribution in [0.25, 0.3) is 0 Å². The second kappa shape index (κ2) is 3.46. The third-order valence-corrected chi connectivity index (χ3v) is 1.99. The van der Waals surface area contributed by atoms with Gasteiger partial charge in [-0.15, -0.1) is 0 Å². The number of hydrogen-bond acceptors (Lipinski definition) is 2. The molecule has 0 spiro atoms. The van der Waals surface area contributed by atoms with Crippen molar-refractivity contribution in [1.29, 1.82) is 0 Å². The highest BCUT2D eigenvalue weighted by atomic mass is 19.4. The molecule has 0 aromatic carbocycles. The number of methoxy groups -OCH3 is 1. The van der Waals surface area contributed by atoms with Gasteiger partial charge in [0.05, 0.1) is 5.60 Å². The maximum absolute atomic E-state index is 12.3. The van der Waals surface area contributed by atoms with Crippen LogP contribution in [0.15, 0.2) is 0 Å². The minimum atomic E-state index is -4.40. The Labute approximate surface area is 76.2 Å². The van der Waals surface area contributed by atoms with Crippen molar-refractivity contribution >= 4 is 0 Å². The van der Waals surface area contributed by atoms with Crippen LogP contribution in [-0.4, -0.2) is 24.4 Å². The second-order valence-corrected chi connectivity index (χ2v) is 4.06. The van der Waals surface area contributed by atoms with Gasteiger partial charge in [-0.25, -0.2) is 0 Å². The highest BCUT2D eigenvalue weighted by molar-refractivity contribution is 4.92. The minimum Gasteiger partial charge on any atom is -0.379 e. The topological polar surface area (TPSA) is 35.2 Å². The average molecular weight is 199 g/mol. The first-order chi connectivity index (χ1) is 5.52. The largest absolute Gasteiger partial charge is 0.406 e. The fourth-order valence-corrected chi connectivity index (χ4v) is 1.06. The van der Waals surface area contributed by atoms with Crippen LogP contribution in [0.1, 0.15) is 27.2 Å². The zero-order valence-corrected chi connectivity index (χ0v) is 8.33. The third kappa shape index (κ3) is 3.52. The van der Waals surface area contributed by atoms with Gasteiger partial charge in [-0.2, -0.15) is 13.2 Å². The number of nitrogens with two attached hydrogens (primary N) is 1. The lowest BCUT2D eigenvalue weighted by Crippen LogP contribution is -2.54. The maximum atomic E-state index is 12.3. The van der Waals surface area contributed by atoms with Crippen molar-refractivity contribution in [2.45, 2.75) is 44.5 Å². The lowest BCUT2D eigenvalue weighted by Gasteiger charge is -2.35. The molecule has 0 rings (SSSR count). The van der Waals surface area contributed by atoms with E-state index in [2.05, 4.69) is 0 Å². The number of hydrogen-bond donors (Lipinski definition) is 1. The zero-order valence-electron chi connectivity index (χ0n) is 8.33. The fourth-order valence-electron chi connectivity index (χ4n) is 1.06. The van der Waals surface area contributed by atoms with E-state index in [1.165, 1.54) is 7.11 Å². The normalized spacial score (nSPS) is 18.5. The Morgan fingerprint density at radius 1 is 1.15 bits per heavy atom. The van der Waals surface area contributed by atoms with Gasteiger partial charge in [0.1, 0.15) is 5.54 Å². The van der Waals surface area contributed by atoms with Gasteiger partial charge in [-0.1, -0.05) is 0 Å². The average Bonchev–Trinajstić information content (AvgIpc) is 1.83. The van der Waals surface area contributed by atoms with Gasteiger partial charge in [-0.05, 0) is 20.8 Å². The molecule has 80 valence electrons. The van der Waals surface area contributed by atoms with E-state index in [0.717, 1.165) is 6.92 Å². The molecule has 0 amide bonds. The predicted molar refractivity (Wildman–Crippen MR) is 44.4 cm³/mol. The van der Waals surface area contributed by atoms with Gasteiger partial charge >= 0.3 is 6.18 Å². The SMILES string of the molecule is COC(C)(C)CC(C)(N)C(F)(F)F. The first-order valence-electron chi connectivity index (χ1n) is 3.93. The molecule has 5 heteroatoms. The summed E-state index contributed by atoms with van der Waals surface area (Å²) in [5.41, 5.74) is 2.09. The Bertz CT molecular complexity index is 175. The van der Waals surface area contributed by atoms with Crippen LogP contribution < -0.4 is 5.73 Å². The molecule has 1 atom stereocenters. The van der Waals surface area contributed by atoms with Crippen LogP contribution in [0.5, 0.6) is 0 Å². The van der Waals surface area contributed by atoms with Crippen molar-refractivity contribution in [2.24, 2.45) is 5.73 Å². The summed E-state index contributed by atoms with van der Waals surface area (Å²) in [7, 11) is 1.37. The van der Waals surface area contributed by atoms with E-state index in [-0.39, 0.29) is 6.42 Å². The summed E-state index contributed by atoms with van der Waals surface area (Å²) >= 11 is 0. The fraction of sp³-hybridized carbons (Fsp3) is 1.00. The molecular formula is C8H16F3NO. The summed E-state index contributed by atoms with van der Waals surface area (Å²) in [5, 5.41) is 0. The second-order valence-electron chi connectivity index (χ2n) is 4.06. The van der Waals surface area contributed by atoms with E-state index in [1.54, 1.807) is 13.8 Å². The summed E-state index contributed by atoms with van der Waals surface area (Å²) < 4.78 is 41.8. The quantitative estimate of drug-likeness (QED) is 0.755. The Balaban J connectivity index is 4.52.